The predicted octanol–water partition coefficient (Wildman–Crippen LogP) is 1.87. The summed E-state index contributed by atoms with van der Waals surface area (Å²) in [6.07, 6.45) is 3.86. The molecule has 0 saturated carbocycles. The Labute approximate surface area is 120 Å². The standard InChI is InChI=1S/C13H16BrN5/c14-13-18-11-4-6-15-8-10(11)12(19-13)17-7-3-9-2-1-5-16-9/h1-2,5,15-16H,3-4,6-8H2,(H,17,18,19). The van der Waals surface area contributed by atoms with Crippen molar-refractivity contribution in [2.24, 2.45) is 0 Å². The van der Waals surface area contributed by atoms with E-state index in [1.807, 2.05) is 12.3 Å². The third kappa shape index (κ3) is 2.96. The van der Waals surface area contributed by atoms with Crippen LogP contribution >= 0.6 is 15.9 Å². The SMILES string of the molecule is Brc1nc2c(c(NCCc3ccc[nH]3)n1)CNCC2. The van der Waals surface area contributed by atoms with Crippen LogP contribution in [0.4, 0.5) is 5.82 Å². The molecule has 6 heteroatoms. The van der Waals surface area contributed by atoms with E-state index >= 15 is 0 Å². The lowest BCUT2D eigenvalue weighted by Crippen LogP contribution is -2.26. The van der Waals surface area contributed by atoms with Crippen molar-refractivity contribution >= 4 is 21.7 Å². The van der Waals surface area contributed by atoms with Crippen LogP contribution in [0.5, 0.6) is 0 Å². The van der Waals surface area contributed by atoms with Gasteiger partial charge in [-0.25, -0.2) is 9.97 Å². The van der Waals surface area contributed by atoms with E-state index in [0.717, 1.165) is 44.0 Å². The van der Waals surface area contributed by atoms with Gasteiger partial charge >= 0.3 is 0 Å². The fraction of sp³-hybridized carbons (Fsp3) is 0.385. The van der Waals surface area contributed by atoms with Crippen molar-refractivity contribution < 1.29 is 0 Å². The summed E-state index contributed by atoms with van der Waals surface area (Å²) in [4.78, 5) is 12.1. The molecule has 1 aliphatic heterocycles. The topological polar surface area (TPSA) is 65.6 Å². The molecule has 0 fully saturated rings. The molecule has 0 unspecified atom stereocenters. The molecule has 0 radical (unpaired) electrons. The van der Waals surface area contributed by atoms with Crippen LogP contribution in [0.25, 0.3) is 0 Å². The molecule has 0 atom stereocenters. The van der Waals surface area contributed by atoms with E-state index in [0.29, 0.717) is 4.73 Å². The number of hydrogen-bond donors (Lipinski definition) is 3. The Morgan fingerprint density at radius 1 is 1.37 bits per heavy atom. The minimum atomic E-state index is 0.663. The predicted molar refractivity (Wildman–Crippen MR) is 78.1 cm³/mol. The lowest BCUT2D eigenvalue weighted by atomic mass is 10.1. The highest BCUT2D eigenvalue weighted by molar-refractivity contribution is 9.10. The van der Waals surface area contributed by atoms with Crippen LogP contribution in [-0.2, 0) is 19.4 Å². The molecule has 2 aromatic rings. The molecule has 0 saturated heterocycles. The zero-order chi connectivity index (χ0) is 13.1. The molecule has 3 rings (SSSR count). The molecule has 1 aliphatic rings. The summed E-state index contributed by atoms with van der Waals surface area (Å²) in [5, 5.41) is 6.77. The zero-order valence-electron chi connectivity index (χ0n) is 10.5. The van der Waals surface area contributed by atoms with Gasteiger partial charge in [0.15, 0.2) is 4.73 Å². The van der Waals surface area contributed by atoms with Gasteiger partial charge < -0.3 is 15.6 Å². The molecule has 0 amide bonds. The fourth-order valence-corrected chi connectivity index (χ4v) is 2.69. The normalized spacial score (nSPS) is 14.2. The molecule has 5 nitrogen and oxygen atoms in total. The average Bonchev–Trinajstić information content (AvgIpc) is 2.91. The van der Waals surface area contributed by atoms with Crippen molar-refractivity contribution in [3.8, 4) is 0 Å². The van der Waals surface area contributed by atoms with Gasteiger partial charge in [-0.3, -0.25) is 0 Å². The lowest BCUT2D eigenvalue weighted by molar-refractivity contribution is 0.625. The maximum Gasteiger partial charge on any atom is 0.198 e. The first kappa shape index (κ1) is 12.6. The van der Waals surface area contributed by atoms with E-state index < -0.39 is 0 Å². The summed E-state index contributed by atoms with van der Waals surface area (Å²) in [7, 11) is 0. The average molecular weight is 322 g/mol. The van der Waals surface area contributed by atoms with Crippen LogP contribution in [0.15, 0.2) is 23.1 Å². The van der Waals surface area contributed by atoms with Gasteiger partial charge in [-0.2, -0.15) is 0 Å². The summed E-state index contributed by atoms with van der Waals surface area (Å²) in [5.74, 6) is 0.940. The van der Waals surface area contributed by atoms with E-state index in [2.05, 4.69) is 47.6 Å². The van der Waals surface area contributed by atoms with Gasteiger partial charge in [0.2, 0.25) is 0 Å². The van der Waals surface area contributed by atoms with Crippen LogP contribution < -0.4 is 10.6 Å². The van der Waals surface area contributed by atoms with Gasteiger partial charge in [0.1, 0.15) is 5.82 Å². The maximum atomic E-state index is 4.45. The van der Waals surface area contributed by atoms with Crippen molar-refractivity contribution in [2.45, 2.75) is 19.4 Å². The fourth-order valence-electron chi connectivity index (χ4n) is 2.30. The number of H-pyrrole nitrogens is 1. The van der Waals surface area contributed by atoms with E-state index in [1.165, 1.54) is 11.3 Å². The second-order valence-electron chi connectivity index (χ2n) is 4.57. The van der Waals surface area contributed by atoms with Gasteiger partial charge in [0, 0.05) is 49.9 Å². The van der Waals surface area contributed by atoms with Gasteiger partial charge in [-0.15, -0.1) is 0 Å². The second-order valence-corrected chi connectivity index (χ2v) is 5.27. The summed E-state index contributed by atoms with van der Waals surface area (Å²) >= 11 is 3.38. The number of halogens is 1. The molecule has 2 aromatic heterocycles. The van der Waals surface area contributed by atoms with Crippen LogP contribution in [0.2, 0.25) is 0 Å². The number of hydrogen-bond acceptors (Lipinski definition) is 4. The number of nitrogens with one attached hydrogen (secondary N) is 3. The van der Waals surface area contributed by atoms with Crippen LogP contribution in [0.1, 0.15) is 17.0 Å². The lowest BCUT2D eigenvalue weighted by Gasteiger charge is -2.19. The molecule has 100 valence electrons. The Bertz CT molecular complexity index is 552. The molecule has 19 heavy (non-hydrogen) atoms. The monoisotopic (exact) mass is 321 g/mol. The highest BCUT2D eigenvalue weighted by atomic mass is 79.9. The Kier molecular flexibility index (Phi) is 3.79. The van der Waals surface area contributed by atoms with Crippen molar-refractivity contribution in [1.82, 2.24) is 20.3 Å². The molecule has 0 spiro atoms. The molecule has 0 aliphatic carbocycles. The van der Waals surface area contributed by atoms with E-state index in [-0.39, 0.29) is 0 Å². The number of anilines is 1. The minimum absolute atomic E-state index is 0.663. The van der Waals surface area contributed by atoms with Crippen molar-refractivity contribution in [3.63, 3.8) is 0 Å². The number of aromatic nitrogens is 3. The van der Waals surface area contributed by atoms with Crippen LogP contribution in [0.3, 0.4) is 0 Å². The highest BCUT2D eigenvalue weighted by Gasteiger charge is 2.16. The summed E-state index contributed by atoms with van der Waals surface area (Å²) in [5.41, 5.74) is 3.57. The molecular formula is C13H16BrN5. The van der Waals surface area contributed by atoms with E-state index in [9.17, 15) is 0 Å². The van der Waals surface area contributed by atoms with Crippen LogP contribution in [0, 0.1) is 0 Å². The number of rotatable bonds is 4. The number of aromatic amines is 1. The third-order valence-electron chi connectivity index (χ3n) is 3.25. The highest BCUT2D eigenvalue weighted by Crippen LogP contribution is 2.21. The van der Waals surface area contributed by atoms with Crippen molar-refractivity contribution in [3.05, 3.63) is 40.0 Å². The first-order valence-electron chi connectivity index (χ1n) is 6.45. The zero-order valence-corrected chi connectivity index (χ0v) is 12.1. The van der Waals surface area contributed by atoms with Gasteiger partial charge in [0.05, 0.1) is 5.69 Å². The molecule has 0 bridgehead atoms. The minimum Gasteiger partial charge on any atom is -0.369 e. The van der Waals surface area contributed by atoms with E-state index in [4.69, 9.17) is 0 Å². The Morgan fingerprint density at radius 3 is 3.16 bits per heavy atom. The van der Waals surface area contributed by atoms with Crippen molar-refractivity contribution in [1.29, 1.82) is 0 Å². The Balaban J connectivity index is 1.71. The van der Waals surface area contributed by atoms with Crippen LogP contribution in [-0.4, -0.2) is 28.0 Å². The summed E-state index contributed by atoms with van der Waals surface area (Å²) in [6, 6.07) is 4.11. The Morgan fingerprint density at radius 2 is 2.32 bits per heavy atom. The smallest absolute Gasteiger partial charge is 0.198 e. The van der Waals surface area contributed by atoms with Gasteiger partial charge in [-0.05, 0) is 28.1 Å². The number of fused-ring (bicyclic) bond motifs is 1. The maximum absolute atomic E-state index is 4.45. The molecular weight excluding hydrogens is 306 g/mol. The van der Waals surface area contributed by atoms with Gasteiger partial charge in [-0.1, -0.05) is 0 Å². The summed E-state index contributed by atoms with van der Waals surface area (Å²) in [6.45, 7) is 2.68. The second kappa shape index (κ2) is 5.71. The molecule has 3 heterocycles. The quantitative estimate of drug-likeness (QED) is 0.752. The molecule has 0 aromatic carbocycles. The van der Waals surface area contributed by atoms with Crippen molar-refractivity contribution in [2.75, 3.05) is 18.4 Å². The Hall–Kier alpha value is -1.40. The third-order valence-corrected chi connectivity index (χ3v) is 3.61. The van der Waals surface area contributed by atoms with Gasteiger partial charge in [0.25, 0.3) is 0 Å². The first-order chi connectivity index (χ1) is 9.33. The molecule has 3 N–H and O–H groups in total. The number of nitrogens with zero attached hydrogens (tertiary/aromatic N) is 2. The van der Waals surface area contributed by atoms with E-state index in [1.54, 1.807) is 0 Å². The summed E-state index contributed by atoms with van der Waals surface area (Å²) < 4.78 is 0.663. The first-order valence-corrected chi connectivity index (χ1v) is 7.24. The largest absolute Gasteiger partial charge is 0.369 e.